The van der Waals surface area contributed by atoms with Gasteiger partial charge in [0.05, 0.1) is 36.5 Å². The Morgan fingerprint density at radius 2 is 2.15 bits per heavy atom. The summed E-state index contributed by atoms with van der Waals surface area (Å²) < 4.78 is 22.6. The van der Waals surface area contributed by atoms with Crippen molar-refractivity contribution in [3.63, 3.8) is 0 Å². The Morgan fingerprint density at radius 3 is 2.82 bits per heavy atom. The van der Waals surface area contributed by atoms with Crippen LogP contribution in [0.2, 0.25) is 5.02 Å². The number of nitrogens with zero attached hydrogens (tertiary/aromatic N) is 4. The van der Waals surface area contributed by atoms with Gasteiger partial charge < -0.3 is 23.8 Å². The molecular formula is C23H25ClN4O5. The van der Waals surface area contributed by atoms with Crippen LogP contribution in [0.25, 0.3) is 0 Å². The molecule has 2 aromatic rings. The van der Waals surface area contributed by atoms with Crippen LogP contribution in [0.4, 0.5) is 4.79 Å². The molecule has 1 amide bonds. The second-order valence-corrected chi connectivity index (χ2v) is 8.96. The molecule has 2 atom stereocenters. The summed E-state index contributed by atoms with van der Waals surface area (Å²) >= 11 is 6.21. The van der Waals surface area contributed by atoms with Crippen molar-refractivity contribution in [2.24, 2.45) is 11.3 Å². The van der Waals surface area contributed by atoms with Crippen molar-refractivity contribution < 1.29 is 23.7 Å². The number of amides is 1. The third kappa shape index (κ3) is 4.91. The number of carbonyl (C=O) groups is 1. The van der Waals surface area contributed by atoms with E-state index >= 15 is 0 Å². The minimum atomic E-state index is -0.257. The number of likely N-dealkylation sites (tertiary alicyclic amines) is 1. The van der Waals surface area contributed by atoms with E-state index in [0.29, 0.717) is 36.9 Å². The highest BCUT2D eigenvalue weighted by Crippen LogP contribution is 2.58. The Labute approximate surface area is 197 Å². The van der Waals surface area contributed by atoms with Gasteiger partial charge in [0.25, 0.3) is 11.8 Å². The van der Waals surface area contributed by atoms with E-state index in [1.807, 2.05) is 19.9 Å². The lowest BCUT2D eigenvalue weighted by atomic mass is 9.96. The molecule has 1 aromatic heterocycles. The van der Waals surface area contributed by atoms with Crippen LogP contribution in [0, 0.1) is 22.7 Å². The van der Waals surface area contributed by atoms with Crippen LogP contribution < -0.4 is 14.2 Å². The number of nitriles is 1. The summed E-state index contributed by atoms with van der Waals surface area (Å²) in [4.78, 5) is 22.3. The van der Waals surface area contributed by atoms with E-state index in [2.05, 4.69) is 9.97 Å². The average Bonchev–Trinajstić information content (AvgIpc) is 3.52. The van der Waals surface area contributed by atoms with E-state index in [9.17, 15) is 4.79 Å². The van der Waals surface area contributed by atoms with Gasteiger partial charge >= 0.3 is 6.09 Å². The van der Waals surface area contributed by atoms with Crippen LogP contribution in [0.15, 0.2) is 24.5 Å². The number of hydrogen-bond acceptors (Lipinski definition) is 8. The van der Waals surface area contributed by atoms with Crippen molar-refractivity contribution in [3.8, 4) is 29.3 Å². The van der Waals surface area contributed by atoms with Crippen LogP contribution in [-0.4, -0.2) is 53.9 Å². The third-order valence-corrected chi connectivity index (χ3v) is 6.28. The zero-order chi connectivity index (χ0) is 23.6. The summed E-state index contributed by atoms with van der Waals surface area (Å²) in [6, 6.07) is 6.73. The Balaban J connectivity index is 1.41. The molecule has 2 aliphatic rings. The first kappa shape index (κ1) is 22.9. The molecule has 10 heteroatoms. The molecule has 9 nitrogen and oxygen atoms in total. The summed E-state index contributed by atoms with van der Waals surface area (Å²) in [6.07, 6.45) is 2.76. The van der Waals surface area contributed by atoms with E-state index in [1.165, 1.54) is 19.5 Å². The molecule has 2 unspecified atom stereocenters. The van der Waals surface area contributed by atoms with Gasteiger partial charge in [0, 0.05) is 18.5 Å². The molecule has 1 saturated carbocycles. The molecule has 0 bridgehead atoms. The standard InChI is InChI=1S/C23H25ClN4O5/c1-14(2)32-22(29)28-7-6-23(9-16(23)11-28)12-31-20-19(30-3)21(27-13-26-20)33-18-5-4-15(10-25)8-17(18)24/h4-5,8,13-14,16H,6-7,9,11-12H2,1-3H3. The molecule has 0 spiro atoms. The molecule has 1 aliphatic heterocycles. The van der Waals surface area contributed by atoms with Gasteiger partial charge in [-0.05, 0) is 50.8 Å². The van der Waals surface area contributed by atoms with Crippen molar-refractivity contribution >= 4 is 17.7 Å². The predicted octanol–water partition coefficient (Wildman–Crippen LogP) is 4.44. The topological polar surface area (TPSA) is 107 Å². The zero-order valence-corrected chi connectivity index (χ0v) is 19.5. The smallest absolute Gasteiger partial charge is 0.410 e. The molecule has 174 valence electrons. The number of halogens is 1. The van der Waals surface area contributed by atoms with Crippen molar-refractivity contribution in [1.82, 2.24) is 14.9 Å². The number of methoxy groups -OCH3 is 1. The highest BCUT2D eigenvalue weighted by atomic mass is 35.5. The lowest BCUT2D eigenvalue weighted by Crippen LogP contribution is -2.41. The normalized spacial score (nSPS) is 21.1. The number of rotatable bonds is 7. The van der Waals surface area contributed by atoms with Gasteiger partial charge in [0.1, 0.15) is 12.1 Å². The first-order chi connectivity index (χ1) is 15.8. The fourth-order valence-electron chi connectivity index (χ4n) is 4.06. The largest absolute Gasteiger partial charge is 0.487 e. The van der Waals surface area contributed by atoms with E-state index in [4.69, 9.17) is 35.8 Å². The van der Waals surface area contributed by atoms with Gasteiger partial charge in [-0.2, -0.15) is 15.2 Å². The number of hydrogen-bond donors (Lipinski definition) is 0. The van der Waals surface area contributed by atoms with Gasteiger partial charge in [-0.1, -0.05) is 11.6 Å². The number of carbonyl (C=O) groups excluding carboxylic acids is 1. The van der Waals surface area contributed by atoms with Gasteiger partial charge in [-0.15, -0.1) is 0 Å². The predicted molar refractivity (Wildman–Crippen MR) is 119 cm³/mol. The van der Waals surface area contributed by atoms with Gasteiger partial charge in [-0.25, -0.2) is 4.79 Å². The molecule has 2 fully saturated rings. The maximum atomic E-state index is 12.2. The van der Waals surface area contributed by atoms with Crippen LogP contribution in [0.1, 0.15) is 32.3 Å². The molecular weight excluding hydrogens is 448 g/mol. The lowest BCUT2D eigenvalue weighted by molar-refractivity contribution is 0.0585. The van der Waals surface area contributed by atoms with Crippen molar-refractivity contribution in [1.29, 1.82) is 5.26 Å². The fraction of sp³-hybridized carbons (Fsp3) is 0.478. The van der Waals surface area contributed by atoms with Crippen LogP contribution in [0.5, 0.6) is 23.3 Å². The van der Waals surface area contributed by atoms with E-state index in [0.717, 1.165) is 12.8 Å². The molecule has 33 heavy (non-hydrogen) atoms. The van der Waals surface area contributed by atoms with Crippen LogP contribution in [-0.2, 0) is 4.74 Å². The Hall–Kier alpha value is -3.25. The lowest BCUT2D eigenvalue weighted by Gasteiger charge is -2.31. The van der Waals surface area contributed by atoms with Gasteiger partial charge in [-0.3, -0.25) is 0 Å². The average molecular weight is 473 g/mol. The van der Waals surface area contributed by atoms with Crippen molar-refractivity contribution in [2.45, 2.75) is 32.8 Å². The number of piperidine rings is 1. The van der Waals surface area contributed by atoms with Crippen LogP contribution in [0.3, 0.4) is 0 Å². The Morgan fingerprint density at radius 1 is 1.36 bits per heavy atom. The molecule has 0 radical (unpaired) electrons. The summed E-state index contributed by atoms with van der Waals surface area (Å²) in [5, 5.41) is 9.27. The summed E-state index contributed by atoms with van der Waals surface area (Å²) in [5.41, 5.74) is 0.440. The fourth-order valence-corrected chi connectivity index (χ4v) is 4.28. The second kappa shape index (κ2) is 9.32. The molecule has 0 N–H and O–H groups in total. The number of benzene rings is 1. The number of aromatic nitrogens is 2. The second-order valence-electron chi connectivity index (χ2n) is 8.56. The minimum absolute atomic E-state index is 0.0159. The van der Waals surface area contributed by atoms with E-state index in [-0.39, 0.29) is 40.1 Å². The van der Waals surface area contributed by atoms with Gasteiger partial charge in [0.2, 0.25) is 5.75 Å². The van der Waals surface area contributed by atoms with Crippen LogP contribution >= 0.6 is 11.6 Å². The highest BCUT2D eigenvalue weighted by Gasteiger charge is 2.58. The zero-order valence-electron chi connectivity index (χ0n) is 18.7. The summed E-state index contributed by atoms with van der Waals surface area (Å²) in [6.45, 7) is 5.45. The Kier molecular flexibility index (Phi) is 6.47. The maximum Gasteiger partial charge on any atom is 0.410 e. The van der Waals surface area contributed by atoms with Crippen molar-refractivity contribution in [2.75, 3.05) is 26.8 Å². The first-order valence-corrected chi connectivity index (χ1v) is 11.1. The minimum Gasteiger partial charge on any atom is -0.487 e. The molecule has 4 rings (SSSR count). The van der Waals surface area contributed by atoms with E-state index < -0.39 is 0 Å². The first-order valence-electron chi connectivity index (χ1n) is 10.7. The van der Waals surface area contributed by atoms with Crippen molar-refractivity contribution in [3.05, 3.63) is 35.1 Å². The maximum absolute atomic E-state index is 12.2. The summed E-state index contributed by atoms with van der Waals surface area (Å²) in [7, 11) is 1.48. The number of ether oxygens (including phenoxy) is 4. The quantitative estimate of drug-likeness (QED) is 0.582. The highest BCUT2D eigenvalue weighted by molar-refractivity contribution is 6.32. The molecule has 1 saturated heterocycles. The molecule has 2 heterocycles. The molecule has 1 aliphatic carbocycles. The molecule has 1 aromatic carbocycles. The SMILES string of the molecule is COc1c(OCC23CCN(C(=O)OC(C)C)CC2C3)ncnc1Oc1ccc(C#N)cc1Cl. The van der Waals surface area contributed by atoms with Gasteiger partial charge in [0.15, 0.2) is 0 Å². The Bertz CT molecular complexity index is 1090. The third-order valence-electron chi connectivity index (χ3n) is 5.98. The monoisotopic (exact) mass is 472 g/mol. The summed E-state index contributed by atoms with van der Waals surface area (Å²) in [5.74, 6) is 1.38. The number of fused-ring (bicyclic) bond motifs is 1. The van der Waals surface area contributed by atoms with E-state index in [1.54, 1.807) is 17.0 Å².